The van der Waals surface area contributed by atoms with Gasteiger partial charge in [-0.2, -0.15) is 0 Å². The Kier molecular flexibility index (Phi) is 5.04. The summed E-state index contributed by atoms with van der Waals surface area (Å²) in [6.07, 6.45) is 5.27. The van der Waals surface area contributed by atoms with Crippen molar-refractivity contribution in [2.24, 2.45) is 0 Å². The fourth-order valence-corrected chi connectivity index (χ4v) is 2.64. The monoisotopic (exact) mass is 333 g/mol. The van der Waals surface area contributed by atoms with E-state index in [1.165, 1.54) is 6.33 Å². The summed E-state index contributed by atoms with van der Waals surface area (Å²) >= 11 is 0. The van der Waals surface area contributed by atoms with Crippen molar-refractivity contribution in [1.29, 1.82) is 0 Å². The number of hydrogen-bond acceptors (Lipinski definition) is 4. The van der Waals surface area contributed by atoms with Gasteiger partial charge < -0.3 is 10.4 Å². The average Bonchev–Trinajstić information content (AvgIpc) is 2.62. The number of amides is 1. The number of phenols is 1. The van der Waals surface area contributed by atoms with Crippen molar-refractivity contribution in [3.8, 4) is 16.9 Å². The lowest BCUT2D eigenvalue weighted by atomic mass is 10.0. The maximum Gasteiger partial charge on any atom is 0.224 e. The van der Waals surface area contributed by atoms with Gasteiger partial charge in [0.05, 0.1) is 12.5 Å². The van der Waals surface area contributed by atoms with Crippen LogP contribution in [-0.2, 0) is 11.2 Å². The highest BCUT2D eigenvalue weighted by molar-refractivity contribution is 5.79. The normalized spacial score (nSPS) is 11.7. The molecule has 5 heteroatoms. The first kappa shape index (κ1) is 16.6. The number of carbonyl (C=O) groups excluding carboxylic acids is 1. The fourth-order valence-electron chi connectivity index (χ4n) is 2.64. The maximum absolute atomic E-state index is 12.2. The van der Waals surface area contributed by atoms with Crippen molar-refractivity contribution in [2.75, 3.05) is 0 Å². The molecule has 0 radical (unpaired) electrons. The zero-order chi connectivity index (χ0) is 17.6. The summed E-state index contributed by atoms with van der Waals surface area (Å²) < 4.78 is 0. The van der Waals surface area contributed by atoms with Crippen molar-refractivity contribution >= 4 is 5.91 Å². The predicted molar refractivity (Wildman–Crippen MR) is 95.8 cm³/mol. The molecule has 1 amide bonds. The van der Waals surface area contributed by atoms with E-state index in [9.17, 15) is 9.90 Å². The van der Waals surface area contributed by atoms with Crippen molar-refractivity contribution in [3.63, 3.8) is 0 Å². The minimum absolute atomic E-state index is 0.0846. The van der Waals surface area contributed by atoms with Gasteiger partial charge in [-0.05, 0) is 35.7 Å². The van der Waals surface area contributed by atoms with Crippen LogP contribution in [0.2, 0.25) is 0 Å². The molecule has 0 aliphatic heterocycles. The van der Waals surface area contributed by atoms with Crippen LogP contribution in [0.25, 0.3) is 11.1 Å². The van der Waals surface area contributed by atoms with Gasteiger partial charge in [-0.25, -0.2) is 9.97 Å². The largest absolute Gasteiger partial charge is 0.508 e. The highest BCUT2D eigenvalue weighted by Gasteiger charge is 2.11. The Balaban J connectivity index is 1.63. The topological polar surface area (TPSA) is 75.1 Å². The van der Waals surface area contributed by atoms with Gasteiger partial charge in [0.25, 0.3) is 0 Å². The summed E-state index contributed by atoms with van der Waals surface area (Å²) in [4.78, 5) is 20.2. The van der Waals surface area contributed by atoms with Crippen LogP contribution < -0.4 is 5.32 Å². The summed E-state index contributed by atoms with van der Waals surface area (Å²) in [6.45, 7) is 1.95. The van der Waals surface area contributed by atoms with Crippen molar-refractivity contribution < 1.29 is 9.90 Å². The van der Waals surface area contributed by atoms with Gasteiger partial charge >= 0.3 is 0 Å². The van der Waals surface area contributed by atoms with Crippen LogP contribution in [0.4, 0.5) is 0 Å². The van der Waals surface area contributed by atoms with Gasteiger partial charge in [0.15, 0.2) is 0 Å². The molecule has 0 spiro atoms. The summed E-state index contributed by atoms with van der Waals surface area (Å²) in [5, 5.41) is 12.4. The number of nitrogens with one attached hydrogen (secondary N) is 1. The first-order valence-corrected chi connectivity index (χ1v) is 8.04. The Morgan fingerprint density at radius 2 is 1.80 bits per heavy atom. The predicted octanol–water partition coefficient (Wildman–Crippen LogP) is 3.27. The van der Waals surface area contributed by atoms with E-state index in [0.717, 1.165) is 22.3 Å². The summed E-state index contributed by atoms with van der Waals surface area (Å²) in [7, 11) is 0. The molecule has 1 atom stereocenters. The minimum Gasteiger partial charge on any atom is -0.508 e. The first-order chi connectivity index (χ1) is 12.1. The average molecular weight is 333 g/mol. The first-order valence-electron chi connectivity index (χ1n) is 8.04. The Morgan fingerprint density at radius 3 is 2.48 bits per heavy atom. The van der Waals surface area contributed by atoms with E-state index in [1.54, 1.807) is 30.6 Å². The van der Waals surface area contributed by atoms with E-state index in [4.69, 9.17) is 0 Å². The lowest BCUT2D eigenvalue weighted by Crippen LogP contribution is -2.28. The van der Waals surface area contributed by atoms with E-state index < -0.39 is 0 Å². The van der Waals surface area contributed by atoms with E-state index in [-0.39, 0.29) is 24.1 Å². The van der Waals surface area contributed by atoms with Crippen LogP contribution in [0, 0.1) is 0 Å². The number of rotatable bonds is 5. The van der Waals surface area contributed by atoms with Crippen molar-refractivity contribution in [3.05, 3.63) is 78.4 Å². The molecule has 0 aliphatic rings. The van der Waals surface area contributed by atoms with Gasteiger partial charge in [0, 0.05) is 18.0 Å². The fraction of sp³-hybridized carbons (Fsp3) is 0.150. The lowest BCUT2D eigenvalue weighted by Gasteiger charge is -2.15. The smallest absolute Gasteiger partial charge is 0.224 e. The number of carbonyl (C=O) groups is 1. The molecule has 0 saturated carbocycles. The van der Waals surface area contributed by atoms with E-state index >= 15 is 0 Å². The van der Waals surface area contributed by atoms with Gasteiger partial charge in [0.2, 0.25) is 5.91 Å². The SMILES string of the molecule is C[C@@H](NC(=O)Cc1cccc(O)c1)c1ccc(-c2cncnc2)cc1. The summed E-state index contributed by atoms with van der Waals surface area (Å²) in [5.74, 6) is 0.0810. The molecule has 25 heavy (non-hydrogen) atoms. The number of aromatic nitrogens is 2. The van der Waals surface area contributed by atoms with Crippen LogP contribution in [0.3, 0.4) is 0 Å². The molecule has 0 bridgehead atoms. The third kappa shape index (κ3) is 4.41. The van der Waals surface area contributed by atoms with Gasteiger partial charge in [0.1, 0.15) is 12.1 Å². The quantitative estimate of drug-likeness (QED) is 0.751. The molecule has 5 nitrogen and oxygen atoms in total. The molecule has 3 rings (SSSR count). The number of phenolic OH excluding ortho intramolecular Hbond substituents is 1. The van der Waals surface area contributed by atoms with Gasteiger partial charge in [-0.15, -0.1) is 0 Å². The third-order valence-corrected chi connectivity index (χ3v) is 3.96. The van der Waals surface area contributed by atoms with Crippen LogP contribution in [0.1, 0.15) is 24.1 Å². The Bertz CT molecular complexity index is 848. The van der Waals surface area contributed by atoms with E-state index in [0.29, 0.717) is 0 Å². The number of benzene rings is 2. The number of aromatic hydroxyl groups is 1. The molecule has 1 aromatic heterocycles. The third-order valence-electron chi connectivity index (χ3n) is 3.96. The highest BCUT2D eigenvalue weighted by atomic mass is 16.3. The molecule has 0 saturated heterocycles. The highest BCUT2D eigenvalue weighted by Crippen LogP contribution is 2.21. The molecule has 0 fully saturated rings. The molecule has 3 aromatic rings. The van der Waals surface area contributed by atoms with E-state index in [2.05, 4.69) is 15.3 Å². The van der Waals surface area contributed by atoms with Crippen molar-refractivity contribution in [2.45, 2.75) is 19.4 Å². The summed E-state index contributed by atoms with van der Waals surface area (Å²) in [5.41, 5.74) is 3.78. The number of nitrogens with zero attached hydrogens (tertiary/aromatic N) is 2. The molecular formula is C20H19N3O2. The summed E-state index contributed by atoms with van der Waals surface area (Å²) in [6, 6.07) is 14.6. The number of hydrogen-bond donors (Lipinski definition) is 2. The van der Waals surface area contributed by atoms with E-state index in [1.807, 2.05) is 37.3 Å². The second kappa shape index (κ2) is 7.57. The van der Waals surface area contributed by atoms with Crippen LogP contribution >= 0.6 is 0 Å². The second-order valence-electron chi connectivity index (χ2n) is 5.89. The molecule has 0 aliphatic carbocycles. The van der Waals surface area contributed by atoms with Crippen LogP contribution in [0.15, 0.2) is 67.3 Å². The molecule has 1 heterocycles. The van der Waals surface area contributed by atoms with Crippen LogP contribution in [-0.4, -0.2) is 21.0 Å². The molecule has 0 unspecified atom stereocenters. The molecule has 2 aromatic carbocycles. The Hall–Kier alpha value is -3.21. The molecular weight excluding hydrogens is 314 g/mol. The van der Waals surface area contributed by atoms with Gasteiger partial charge in [-0.1, -0.05) is 36.4 Å². The molecule has 2 N–H and O–H groups in total. The van der Waals surface area contributed by atoms with Gasteiger partial charge in [-0.3, -0.25) is 4.79 Å². The molecule has 126 valence electrons. The zero-order valence-corrected chi connectivity index (χ0v) is 13.9. The maximum atomic E-state index is 12.2. The Morgan fingerprint density at radius 1 is 1.08 bits per heavy atom. The van der Waals surface area contributed by atoms with Crippen LogP contribution in [0.5, 0.6) is 5.75 Å². The zero-order valence-electron chi connectivity index (χ0n) is 13.9. The minimum atomic E-state index is -0.106. The lowest BCUT2D eigenvalue weighted by molar-refractivity contribution is -0.121. The van der Waals surface area contributed by atoms with Crippen molar-refractivity contribution in [1.82, 2.24) is 15.3 Å². The standard InChI is InChI=1S/C20H19N3O2/c1-14(23-20(25)10-15-3-2-4-19(24)9-15)16-5-7-17(8-6-16)18-11-21-13-22-12-18/h2-9,11-14,24H,10H2,1H3,(H,23,25)/t14-/m1/s1. The second-order valence-corrected chi connectivity index (χ2v) is 5.89. The Labute approximate surface area is 146 Å².